The minimum atomic E-state index is -1.74. The number of carboxylic acid groups (broad SMARTS) is 1. The number of Topliss-reactive ketones (excluding diaryl/α,β-unsaturated/α-hetero) is 1. The Morgan fingerprint density at radius 2 is 2.00 bits per heavy atom. The van der Waals surface area contributed by atoms with Crippen LogP contribution in [0.4, 0.5) is 5.69 Å². The predicted molar refractivity (Wildman–Crippen MR) is 65.8 cm³/mol. The van der Waals surface area contributed by atoms with Crippen molar-refractivity contribution in [2.24, 2.45) is 0 Å². The smallest absolute Gasteiger partial charge is 0.337 e. The van der Waals surface area contributed by atoms with Crippen LogP contribution >= 0.6 is 15.9 Å². The molecule has 0 aliphatic rings. The van der Waals surface area contributed by atoms with E-state index >= 15 is 0 Å². The van der Waals surface area contributed by atoms with Crippen LogP contribution in [0.2, 0.25) is 0 Å². The number of carbonyl (C=O) groups excluding carboxylic acids is 1. The Kier molecular flexibility index (Phi) is 4.25. The van der Waals surface area contributed by atoms with E-state index in [2.05, 4.69) is 15.9 Å². The monoisotopic (exact) mass is 301 g/mol. The first-order valence-corrected chi connectivity index (χ1v) is 5.71. The first-order chi connectivity index (χ1) is 7.86. The van der Waals surface area contributed by atoms with Gasteiger partial charge in [0.15, 0.2) is 6.10 Å². The topological polar surface area (TPSA) is 101 Å². The number of aliphatic hydroxyl groups is 1. The number of nitrogen functional groups attached to an aromatic ring is 1. The molecule has 0 bridgehead atoms. The maximum Gasteiger partial charge on any atom is 0.337 e. The minimum absolute atomic E-state index is 0.0528. The third-order valence-corrected chi connectivity index (χ3v) is 3.45. The molecule has 5 nitrogen and oxygen atoms in total. The maximum atomic E-state index is 11.3. The molecular weight excluding hydrogens is 290 g/mol. The zero-order chi connectivity index (χ0) is 13.2. The van der Waals surface area contributed by atoms with Crippen molar-refractivity contribution in [1.82, 2.24) is 0 Å². The standard InChI is InChI=1S/C11H12BrNO4/c1-5(14)9(12)6-3-2-4-7(13)8(6)10(15)11(16)17/h2-4,9-10,15H,13H2,1H3,(H,16,17). The van der Waals surface area contributed by atoms with Gasteiger partial charge in [0.05, 0.1) is 4.83 Å². The average molecular weight is 302 g/mol. The average Bonchev–Trinajstić information content (AvgIpc) is 2.26. The molecule has 1 aromatic rings. The fourth-order valence-corrected chi connectivity index (χ4v) is 1.88. The lowest BCUT2D eigenvalue weighted by atomic mass is 9.96. The molecule has 17 heavy (non-hydrogen) atoms. The Hall–Kier alpha value is -1.40. The molecule has 0 aliphatic heterocycles. The molecule has 0 radical (unpaired) electrons. The minimum Gasteiger partial charge on any atom is -0.479 e. The second kappa shape index (κ2) is 5.29. The van der Waals surface area contributed by atoms with Gasteiger partial charge in [-0.2, -0.15) is 0 Å². The predicted octanol–water partition coefficient (Wildman–Crippen LogP) is 1.41. The van der Waals surface area contributed by atoms with Crippen molar-refractivity contribution in [3.8, 4) is 0 Å². The third-order valence-electron chi connectivity index (χ3n) is 2.31. The number of aliphatic carboxylic acids is 1. The summed E-state index contributed by atoms with van der Waals surface area (Å²) in [6.45, 7) is 1.36. The van der Waals surface area contributed by atoms with E-state index in [0.29, 0.717) is 5.56 Å². The number of carboxylic acids is 1. The van der Waals surface area contributed by atoms with E-state index in [1.165, 1.54) is 13.0 Å². The Balaban J connectivity index is 3.36. The molecule has 0 saturated heterocycles. The van der Waals surface area contributed by atoms with Gasteiger partial charge in [-0.1, -0.05) is 28.1 Å². The van der Waals surface area contributed by atoms with E-state index in [-0.39, 0.29) is 17.0 Å². The van der Waals surface area contributed by atoms with Crippen molar-refractivity contribution in [2.75, 3.05) is 5.73 Å². The number of benzene rings is 1. The number of nitrogens with two attached hydrogens (primary N) is 1. The van der Waals surface area contributed by atoms with E-state index < -0.39 is 16.9 Å². The summed E-state index contributed by atoms with van der Waals surface area (Å²) in [4.78, 5) is 21.4. The molecule has 1 rings (SSSR count). The van der Waals surface area contributed by atoms with Crippen LogP contribution < -0.4 is 5.73 Å². The molecule has 92 valence electrons. The lowest BCUT2D eigenvalue weighted by Gasteiger charge is -2.17. The van der Waals surface area contributed by atoms with Gasteiger partial charge in [-0.05, 0) is 18.6 Å². The van der Waals surface area contributed by atoms with Gasteiger partial charge in [-0.15, -0.1) is 0 Å². The van der Waals surface area contributed by atoms with Gasteiger partial charge in [-0.25, -0.2) is 4.79 Å². The molecule has 0 fully saturated rings. The number of hydrogen-bond acceptors (Lipinski definition) is 4. The molecule has 1 aromatic carbocycles. The lowest BCUT2D eigenvalue weighted by Crippen LogP contribution is -2.17. The van der Waals surface area contributed by atoms with E-state index in [9.17, 15) is 14.7 Å². The highest BCUT2D eigenvalue weighted by atomic mass is 79.9. The van der Waals surface area contributed by atoms with Crippen molar-refractivity contribution in [1.29, 1.82) is 0 Å². The second-order valence-electron chi connectivity index (χ2n) is 3.56. The number of rotatable bonds is 4. The Morgan fingerprint density at radius 3 is 2.47 bits per heavy atom. The van der Waals surface area contributed by atoms with E-state index in [1.807, 2.05) is 0 Å². The number of alkyl halides is 1. The van der Waals surface area contributed by atoms with Crippen LogP contribution in [0.25, 0.3) is 0 Å². The summed E-state index contributed by atoms with van der Waals surface area (Å²) in [6, 6.07) is 4.63. The highest BCUT2D eigenvalue weighted by Crippen LogP contribution is 2.34. The highest BCUT2D eigenvalue weighted by molar-refractivity contribution is 9.09. The number of carbonyl (C=O) groups is 2. The maximum absolute atomic E-state index is 11.3. The van der Waals surface area contributed by atoms with Gasteiger partial charge >= 0.3 is 5.97 Å². The summed E-state index contributed by atoms with van der Waals surface area (Å²) in [7, 11) is 0. The number of halogens is 1. The van der Waals surface area contributed by atoms with E-state index in [0.717, 1.165) is 0 Å². The van der Waals surface area contributed by atoms with E-state index in [1.54, 1.807) is 12.1 Å². The molecule has 2 unspecified atom stereocenters. The van der Waals surface area contributed by atoms with Crippen molar-refractivity contribution >= 4 is 33.4 Å². The summed E-state index contributed by atoms with van der Waals surface area (Å²) < 4.78 is 0. The fraction of sp³-hybridized carbons (Fsp3) is 0.273. The first-order valence-electron chi connectivity index (χ1n) is 4.80. The molecule has 6 heteroatoms. The highest BCUT2D eigenvalue weighted by Gasteiger charge is 2.26. The summed E-state index contributed by atoms with van der Waals surface area (Å²) in [5.41, 5.74) is 6.21. The lowest BCUT2D eigenvalue weighted by molar-refractivity contribution is -0.147. The molecule has 0 amide bonds. The Morgan fingerprint density at radius 1 is 1.41 bits per heavy atom. The van der Waals surface area contributed by atoms with Crippen LogP contribution in [0.15, 0.2) is 18.2 Å². The number of aliphatic hydroxyl groups excluding tert-OH is 1. The first kappa shape index (κ1) is 13.7. The SMILES string of the molecule is CC(=O)C(Br)c1cccc(N)c1C(O)C(=O)O. The summed E-state index contributed by atoms with van der Waals surface area (Å²) in [5, 5.41) is 18.4. The van der Waals surface area contributed by atoms with Gasteiger partial charge in [0, 0.05) is 11.3 Å². The van der Waals surface area contributed by atoms with Crippen molar-refractivity contribution in [2.45, 2.75) is 17.9 Å². The van der Waals surface area contributed by atoms with Crippen LogP contribution in [-0.4, -0.2) is 22.0 Å². The molecule has 0 aromatic heterocycles. The molecule has 4 N–H and O–H groups in total. The zero-order valence-corrected chi connectivity index (χ0v) is 10.6. The zero-order valence-electron chi connectivity index (χ0n) is 9.05. The Bertz CT molecular complexity index is 461. The van der Waals surface area contributed by atoms with E-state index in [4.69, 9.17) is 10.8 Å². The molecule has 0 saturated carbocycles. The fourth-order valence-electron chi connectivity index (χ4n) is 1.48. The molecule has 0 spiro atoms. The summed E-state index contributed by atoms with van der Waals surface area (Å²) in [5.74, 6) is -1.61. The van der Waals surface area contributed by atoms with Crippen molar-refractivity contribution in [3.63, 3.8) is 0 Å². The number of anilines is 1. The summed E-state index contributed by atoms with van der Waals surface area (Å²) in [6.07, 6.45) is -1.74. The second-order valence-corrected chi connectivity index (χ2v) is 4.48. The quantitative estimate of drug-likeness (QED) is 0.577. The van der Waals surface area contributed by atoms with Crippen LogP contribution in [-0.2, 0) is 9.59 Å². The van der Waals surface area contributed by atoms with Crippen molar-refractivity contribution in [3.05, 3.63) is 29.3 Å². The van der Waals surface area contributed by atoms with Crippen LogP contribution in [0.1, 0.15) is 29.0 Å². The van der Waals surface area contributed by atoms with Crippen LogP contribution in [0.3, 0.4) is 0 Å². The van der Waals surface area contributed by atoms with Gasteiger partial charge in [0.25, 0.3) is 0 Å². The molecule has 0 aliphatic carbocycles. The van der Waals surface area contributed by atoms with Gasteiger partial charge in [0.1, 0.15) is 5.78 Å². The number of hydrogen-bond donors (Lipinski definition) is 3. The van der Waals surface area contributed by atoms with Crippen LogP contribution in [0.5, 0.6) is 0 Å². The Labute approximate surface area is 106 Å². The molecule has 0 heterocycles. The van der Waals surface area contributed by atoms with Crippen molar-refractivity contribution < 1.29 is 19.8 Å². The normalized spacial score (nSPS) is 14.1. The third kappa shape index (κ3) is 2.83. The van der Waals surface area contributed by atoms with Crippen LogP contribution in [0, 0.1) is 0 Å². The number of ketones is 1. The van der Waals surface area contributed by atoms with Gasteiger partial charge in [0.2, 0.25) is 0 Å². The molecular formula is C11H12BrNO4. The van der Waals surface area contributed by atoms with Gasteiger partial charge < -0.3 is 15.9 Å². The summed E-state index contributed by atoms with van der Waals surface area (Å²) >= 11 is 3.14. The molecule has 2 atom stereocenters. The van der Waals surface area contributed by atoms with Gasteiger partial charge in [-0.3, -0.25) is 4.79 Å². The largest absolute Gasteiger partial charge is 0.479 e.